The third-order valence-electron chi connectivity index (χ3n) is 7.75. The van der Waals surface area contributed by atoms with Gasteiger partial charge in [0.1, 0.15) is 11.3 Å². The summed E-state index contributed by atoms with van der Waals surface area (Å²) in [6, 6.07) is 18.7. The van der Waals surface area contributed by atoms with E-state index in [1.54, 1.807) is 124 Å². The predicted octanol–water partition coefficient (Wildman–Crippen LogP) is 10.3. The van der Waals surface area contributed by atoms with Crippen LogP contribution < -0.4 is 0 Å². The van der Waals surface area contributed by atoms with Crippen LogP contribution in [0.4, 0.5) is 0 Å². The average Bonchev–Trinajstić information content (AvgIpc) is 3.66. The number of fused-ring (bicyclic) bond motifs is 1. The highest BCUT2D eigenvalue weighted by atomic mass is 33.5. The molecule has 3 nitrogen and oxygen atoms in total. The first kappa shape index (κ1) is 63.8. The van der Waals surface area contributed by atoms with Crippen LogP contribution in [0.5, 0.6) is 5.75 Å². The number of aromatic hydroxyl groups is 1. The number of oxazole rings is 1. The number of aryl methyl sites for hydroxylation is 1. The van der Waals surface area contributed by atoms with Crippen molar-refractivity contribution in [3.63, 3.8) is 0 Å². The molecule has 3 aromatic carbocycles. The lowest BCUT2D eigenvalue weighted by molar-refractivity contribution is 0.466. The Morgan fingerprint density at radius 1 is 0.431 bits per heavy atom. The first-order chi connectivity index (χ1) is 30.6. The number of hydrogen-bond donors (Lipinski definition) is 1. The van der Waals surface area contributed by atoms with E-state index in [0.29, 0.717) is 11.6 Å². The van der Waals surface area contributed by atoms with E-state index >= 15 is 0 Å². The van der Waals surface area contributed by atoms with Crippen molar-refractivity contribution in [1.82, 2.24) is 4.98 Å². The maximum Gasteiger partial charge on any atom is 0.227 e. The molecule has 0 unspecified atom stereocenters. The summed E-state index contributed by atoms with van der Waals surface area (Å²) >= 11 is 9.55. The Kier molecular flexibility index (Phi) is 33.5. The highest BCUT2D eigenvalue weighted by Gasteiger charge is 2.25. The Hall–Kier alpha value is 2.65. The van der Waals surface area contributed by atoms with Gasteiger partial charge < -0.3 is 9.52 Å². The van der Waals surface area contributed by atoms with Crippen LogP contribution in [0.3, 0.4) is 0 Å². The topological polar surface area (TPSA) is 46.3 Å². The molecule has 65 heavy (non-hydrogen) atoms. The molecule has 0 aliphatic carbocycles. The molecule has 1 N–H and O–H groups in total. The van der Waals surface area contributed by atoms with Gasteiger partial charge in [-0.1, -0.05) is 113 Å². The molecule has 29 heteroatoms. The summed E-state index contributed by atoms with van der Waals surface area (Å²) in [6.07, 6.45) is 0. The number of phenols is 1. The summed E-state index contributed by atoms with van der Waals surface area (Å²) in [6.45, 7) is 28.4. The maximum absolute atomic E-state index is 9.72. The number of phenolic OH excluding ortho intramolecular Hbond substituents is 1. The van der Waals surface area contributed by atoms with E-state index in [0.717, 1.165) is 16.7 Å². The van der Waals surface area contributed by atoms with Gasteiger partial charge in [0.2, 0.25) is 5.89 Å². The maximum atomic E-state index is 9.72. The van der Waals surface area contributed by atoms with Crippen molar-refractivity contribution in [2.24, 2.45) is 0 Å². The number of hydrogen-bond acceptors (Lipinski definition) is 5. The molecule has 366 valence electrons. The van der Waals surface area contributed by atoms with Gasteiger partial charge in [-0.15, -0.1) is 0 Å². The first-order valence-corrected chi connectivity index (χ1v) is 51.5. The van der Waals surface area contributed by atoms with Gasteiger partial charge in [-0.05, 0) is 75.6 Å². The van der Waals surface area contributed by atoms with Crippen molar-refractivity contribution in [2.45, 2.75) is 112 Å². The fourth-order valence-corrected chi connectivity index (χ4v) is 64.9. The van der Waals surface area contributed by atoms with Crippen LogP contribution in [0.2, 0.25) is 0 Å². The van der Waals surface area contributed by atoms with E-state index in [9.17, 15) is 5.11 Å². The molecule has 0 amide bonds. The quantitative estimate of drug-likeness (QED) is 0.206. The van der Waals surface area contributed by atoms with Crippen LogP contribution >= 0.6 is 0 Å². The zero-order valence-electron chi connectivity index (χ0n) is 37.1. The Morgan fingerprint density at radius 2 is 0.754 bits per heavy atom. The third kappa shape index (κ3) is 28.1. The van der Waals surface area contributed by atoms with Gasteiger partial charge >= 0.3 is 0 Å². The molecule has 0 spiro atoms. The molecule has 0 radical (unpaired) electrons. The fraction of sp³-hybridized carbons (Fsp3) is 0.472. The Morgan fingerprint density at radius 3 is 1.06 bits per heavy atom. The first-order valence-electron chi connectivity index (χ1n) is 18.2. The number of aromatic nitrogens is 1. The van der Waals surface area contributed by atoms with Crippen LogP contribution in [0.25, 0.3) is 22.6 Å². The SMILES string of the molecule is CC(C)(C)c1cc(O)cc(C(C)(C)C)c1.Cc1ccc(-c2nc3cc(C(C)(C)C)cc(C(C)(C)C)c3o2)cc1.S=S=S=S=S=S=S=S=S=S=S=S=S=S=S=S=S=S=S=S=S=S=S=S=S=S. The van der Waals surface area contributed by atoms with E-state index in [4.69, 9.17) is 31.8 Å². The van der Waals surface area contributed by atoms with Crippen molar-refractivity contribution in [3.8, 4) is 17.2 Å². The summed E-state index contributed by atoms with van der Waals surface area (Å²) in [4.78, 5) is 4.79. The van der Waals surface area contributed by atoms with Crippen LogP contribution in [-0.2, 0) is 257 Å². The lowest BCUT2D eigenvalue weighted by atomic mass is 9.80. The molecular weight excluding hydrogens is 1310 g/mol. The minimum absolute atomic E-state index is 0.00356. The average molecular weight is 1360 g/mol. The van der Waals surface area contributed by atoms with Crippen molar-refractivity contribution >= 4 is 247 Å². The van der Waals surface area contributed by atoms with Gasteiger partial charge in [0.15, 0.2) is 5.58 Å². The molecule has 4 aromatic rings. The molecule has 0 saturated heterocycles. The van der Waals surface area contributed by atoms with Crippen LogP contribution in [0.15, 0.2) is 59.0 Å². The predicted molar refractivity (Wildman–Crippen MR) is 359 cm³/mol. The van der Waals surface area contributed by atoms with Crippen LogP contribution in [0.1, 0.15) is 111 Å². The molecule has 0 aliphatic rings. The Labute approximate surface area is 464 Å². The van der Waals surface area contributed by atoms with E-state index in [1.807, 2.05) is 83.2 Å². The highest BCUT2D eigenvalue weighted by Crippen LogP contribution is 2.37. The van der Waals surface area contributed by atoms with Crippen molar-refractivity contribution in [3.05, 3.63) is 82.4 Å². The smallest absolute Gasteiger partial charge is 0.227 e. The Balaban J connectivity index is 0.000000347. The number of nitrogens with zero attached hydrogens (tertiary/aromatic N) is 1. The monoisotopic (exact) mass is 1360 g/mol. The summed E-state index contributed by atoms with van der Waals surface area (Å²) < 4.78 is 6.21. The molecule has 0 saturated carbocycles. The lowest BCUT2D eigenvalue weighted by Gasteiger charge is -2.25. The molecule has 1 aromatic heterocycles. The fourth-order valence-electron chi connectivity index (χ4n) is 4.57. The third-order valence-corrected chi connectivity index (χ3v) is 58.9. The molecular formula is C36H49NO2S26. The normalized spacial score (nSPS) is 10.7. The zero-order valence-corrected chi connectivity index (χ0v) is 58.3. The molecule has 0 fully saturated rings. The Bertz CT molecular complexity index is 3290. The summed E-state index contributed by atoms with van der Waals surface area (Å²) in [7, 11) is 41.8. The standard InChI is InChI=1S/C22H27NO.C14H22O.S26/c1-14-8-10-15(11-9-14)20-23-18-13-16(21(2,3)4)12-17(19(18)24-20)22(5,6)7;1-13(2,3)10-7-11(14(4,5)6)9-12(15)8-10;1-3-5-7-9-11-13-15-17-19-21-23-25-26-24-22-20-18-16-14-12-10-8-6-4-2/h8-13H,1-7H3;7-9,15H,1-6H3;. The van der Waals surface area contributed by atoms with E-state index in [2.05, 4.69) is 132 Å². The van der Waals surface area contributed by atoms with Crippen molar-refractivity contribution < 1.29 is 9.52 Å². The number of benzene rings is 3. The molecule has 4 rings (SSSR count). The summed E-state index contributed by atoms with van der Waals surface area (Å²) in [5, 5.41) is 9.72. The van der Waals surface area contributed by atoms with Gasteiger partial charge in [0.05, 0.1) is 0 Å². The van der Waals surface area contributed by atoms with Gasteiger partial charge in [0, 0.05) is 247 Å². The minimum atomic E-state index is 0.00356. The second-order valence-corrected chi connectivity index (χ2v) is 59.1. The molecule has 0 aliphatic heterocycles. The van der Waals surface area contributed by atoms with Crippen LogP contribution in [-0.4, -0.2) is 10.1 Å². The van der Waals surface area contributed by atoms with E-state index in [-0.39, 0.29) is 21.7 Å². The zero-order chi connectivity index (χ0) is 48.5. The molecule has 1 heterocycles. The number of rotatable bonds is 1. The van der Waals surface area contributed by atoms with Gasteiger partial charge in [-0.2, -0.15) is 0 Å². The highest BCUT2D eigenvalue weighted by molar-refractivity contribution is 8.79. The second kappa shape index (κ2) is 34.2. The van der Waals surface area contributed by atoms with Crippen molar-refractivity contribution in [2.75, 3.05) is 0 Å². The van der Waals surface area contributed by atoms with Gasteiger partial charge in [0.25, 0.3) is 0 Å². The largest absolute Gasteiger partial charge is 0.508 e. The van der Waals surface area contributed by atoms with Gasteiger partial charge in [-0.3, -0.25) is 0 Å². The summed E-state index contributed by atoms with van der Waals surface area (Å²) in [5.74, 6) is 1.06. The minimum Gasteiger partial charge on any atom is -0.508 e. The second-order valence-electron chi connectivity index (χ2n) is 16.7. The van der Waals surface area contributed by atoms with E-state index < -0.39 is 0 Å². The summed E-state index contributed by atoms with van der Waals surface area (Å²) in [5.41, 5.74) is 9.25. The lowest BCUT2D eigenvalue weighted by Crippen LogP contribution is -2.16. The van der Waals surface area contributed by atoms with Crippen molar-refractivity contribution in [1.29, 1.82) is 0 Å². The molecule has 0 atom stereocenters. The van der Waals surface area contributed by atoms with E-state index in [1.165, 1.54) is 45.6 Å². The van der Waals surface area contributed by atoms with Crippen LogP contribution in [0, 0.1) is 6.92 Å². The molecule has 0 bridgehead atoms. The van der Waals surface area contributed by atoms with Gasteiger partial charge in [-0.25, -0.2) is 4.98 Å².